The third-order valence-electron chi connectivity index (χ3n) is 5.56. The van der Waals surface area contributed by atoms with E-state index in [9.17, 15) is 14.7 Å². The molecule has 1 saturated heterocycles. The SMILES string of the molecule is CC(C)(C)OC(=O)N1CCC2(CC1)[C@H]1C=C[C@H]2[C@@H](C(=O)O)C1. The number of allylic oxidation sites excluding steroid dienone is 2. The molecule has 5 heteroatoms. The first-order valence-corrected chi connectivity index (χ1v) is 8.12. The molecule has 1 spiro atoms. The quantitative estimate of drug-likeness (QED) is 0.756. The summed E-state index contributed by atoms with van der Waals surface area (Å²) in [5, 5.41) is 9.40. The normalized spacial score (nSPS) is 32.5. The maximum Gasteiger partial charge on any atom is 0.410 e. The van der Waals surface area contributed by atoms with Crippen LogP contribution >= 0.6 is 0 Å². The van der Waals surface area contributed by atoms with Crippen molar-refractivity contribution in [2.45, 2.75) is 45.6 Å². The van der Waals surface area contributed by atoms with Crippen molar-refractivity contribution in [3.8, 4) is 0 Å². The van der Waals surface area contributed by atoms with Gasteiger partial charge < -0.3 is 14.7 Å². The van der Waals surface area contributed by atoms with Crippen LogP contribution in [0.2, 0.25) is 0 Å². The van der Waals surface area contributed by atoms with Crippen LogP contribution in [0.15, 0.2) is 12.2 Å². The summed E-state index contributed by atoms with van der Waals surface area (Å²) >= 11 is 0. The number of rotatable bonds is 1. The molecule has 0 radical (unpaired) electrons. The van der Waals surface area contributed by atoms with E-state index < -0.39 is 11.6 Å². The first kappa shape index (κ1) is 15.4. The summed E-state index contributed by atoms with van der Waals surface area (Å²) in [6.45, 7) is 6.94. The minimum atomic E-state index is -0.675. The molecule has 1 amide bonds. The van der Waals surface area contributed by atoms with Crippen LogP contribution in [0.5, 0.6) is 0 Å². The first-order valence-electron chi connectivity index (χ1n) is 8.12. The second kappa shape index (κ2) is 5.00. The van der Waals surface area contributed by atoms with E-state index in [-0.39, 0.29) is 23.3 Å². The Balaban J connectivity index is 1.65. The Kier molecular flexibility index (Phi) is 3.49. The van der Waals surface area contributed by atoms with E-state index in [2.05, 4.69) is 12.2 Å². The number of hydrogen-bond acceptors (Lipinski definition) is 3. The van der Waals surface area contributed by atoms with Crippen LogP contribution in [-0.2, 0) is 9.53 Å². The van der Waals surface area contributed by atoms with Crippen LogP contribution in [-0.4, -0.2) is 40.8 Å². The lowest BCUT2D eigenvalue weighted by Gasteiger charge is -2.43. The van der Waals surface area contributed by atoms with Gasteiger partial charge in [-0.05, 0) is 57.3 Å². The predicted octanol–water partition coefficient (Wildman–Crippen LogP) is 2.91. The molecule has 1 aliphatic heterocycles. The summed E-state index contributed by atoms with van der Waals surface area (Å²) < 4.78 is 5.43. The Morgan fingerprint density at radius 1 is 1.23 bits per heavy atom. The van der Waals surface area contributed by atoms with Crippen molar-refractivity contribution in [1.29, 1.82) is 0 Å². The zero-order chi connectivity index (χ0) is 16.1. The van der Waals surface area contributed by atoms with E-state index in [0.717, 1.165) is 19.3 Å². The van der Waals surface area contributed by atoms with Crippen molar-refractivity contribution in [2.24, 2.45) is 23.2 Å². The lowest BCUT2D eigenvalue weighted by atomic mass is 9.68. The van der Waals surface area contributed by atoms with E-state index in [1.165, 1.54) is 0 Å². The average Bonchev–Trinajstić information content (AvgIpc) is 2.90. The molecule has 0 aromatic rings. The van der Waals surface area contributed by atoms with Crippen molar-refractivity contribution >= 4 is 12.1 Å². The van der Waals surface area contributed by atoms with Gasteiger partial charge in [0.05, 0.1) is 5.92 Å². The highest BCUT2D eigenvalue weighted by Crippen LogP contribution is 2.61. The number of ether oxygens (including phenoxy) is 1. The van der Waals surface area contributed by atoms with Crippen LogP contribution in [0.25, 0.3) is 0 Å². The number of aliphatic carboxylic acids is 1. The standard InChI is InChI=1S/C17H25NO4/c1-16(2,3)22-15(21)18-8-6-17(7-9-18)11-4-5-13(17)12(10-11)14(19)20/h4-5,11-13H,6-10H2,1-3H3,(H,19,20)/t11-,12-,13-/m0/s1. The minimum Gasteiger partial charge on any atom is -0.481 e. The number of carbonyl (C=O) groups excluding carboxylic acids is 1. The number of carbonyl (C=O) groups is 2. The Labute approximate surface area is 131 Å². The molecule has 5 nitrogen and oxygen atoms in total. The van der Waals surface area contributed by atoms with E-state index in [1.54, 1.807) is 4.90 Å². The first-order chi connectivity index (χ1) is 10.2. The molecule has 122 valence electrons. The highest BCUT2D eigenvalue weighted by Gasteiger charge is 2.58. The van der Waals surface area contributed by atoms with Crippen molar-refractivity contribution < 1.29 is 19.4 Å². The minimum absolute atomic E-state index is 0.0571. The lowest BCUT2D eigenvalue weighted by molar-refractivity contribution is -0.143. The Bertz CT molecular complexity index is 511. The van der Waals surface area contributed by atoms with Gasteiger partial charge in [-0.15, -0.1) is 0 Å². The number of nitrogens with zero attached hydrogens (tertiary/aromatic N) is 1. The van der Waals surface area contributed by atoms with Crippen molar-refractivity contribution in [3.63, 3.8) is 0 Å². The zero-order valence-corrected chi connectivity index (χ0v) is 13.5. The van der Waals surface area contributed by atoms with Crippen molar-refractivity contribution in [3.05, 3.63) is 12.2 Å². The Hall–Kier alpha value is -1.52. The Morgan fingerprint density at radius 3 is 2.36 bits per heavy atom. The number of carboxylic acids is 1. The third kappa shape index (κ3) is 2.40. The van der Waals surface area contributed by atoms with Gasteiger partial charge in [0.15, 0.2) is 0 Å². The molecule has 0 aromatic carbocycles. The molecule has 2 bridgehead atoms. The van der Waals surface area contributed by atoms with Gasteiger partial charge in [-0.3, -0.25) is 4.79 Å². The fourth-order valence-electron chi connectivity index (χ4n) is 4.54. The largest absolute Gasteiger partial charge is 0.481 e. The second-order valence-electron chi connectivity index (χ2n) is 7.90. The molecular weight excluding hydrogens is 282 g/mol. The predicted molar refractivity (Wildman–Crippen MR) is 81.3 cm³/mol. The van der Waals surface area contributed by atoms with Gasteiger partial charge in [0.1, 0.15) is 5.60 Å². The van der Waals surface area contributed by atoms with Gasteiger partial charge in [-0.2, -0.15) is 0 Å². The highest BCUT2D eigenvalue weighted by atomic mass is 16.6. The summed E-state index contributed by atoms with van der Waals surface area (Å²) in [4.78, 5) is 25.4. The van der Waals surface area contributed by atoms with Gasteiger partial charge in [0.2, 0.25) is 0 Å². The van der Waals surface area contributed by atoms with Gasteiger partial charge in [0.25, 0.3) is 0 Å². The molecule has 0 aromatic heterocycles. The summed E-state index contributed by atoms with van der Waals surface area (Å²) in [5.41, 5.74) is -0.421. The summed E-state index contributed by atoms with van der Waals surface area (Å²) in [6.07, 6.45) is 6.55. The van der Waals surface area contributed by atoms with Crippen molar-refractivity contribution in [1.82, 2.24) is 4.90 Å². The molecule has 1 saturated carbocycles. The monoisotopic (exact) mass is 307 g/mol. The Morgan fingerprint density at radius 2 is 1.86 bits per heavy atom. The second-order valence-corrected chi connectivity index (χ2v) is 7.90. The van der Waals surface area contributed by atoms with E-state index >= 15 is 0 Å². The molecule has 3 aliphatic rings. The molecule has 3 rings (SSSR count). The molecular formula is C17H25NO4. The third-order valence-corrected chi connectivity index (χ3v) is 5.56. The fraction of sp³-hybridized carbons (Fsp3) is 0.765. The average molecular weight is 307 g/mol. The van der Waals surface area contributed by atoms with Gasteiger partial charge >= 0.3 is 12.1 Å². The number of piperidine rings is 1. The van der Waals surface area contributed by atoms with Crippen molar-refractivity contribution in [2.75, 3.05) is 13.1 Å². The molecule has 22 heavy (non-hydrogen) atoms. The molecule has 2 fully saturated rings. The smallest absolute Gasteiger partial charge is 0.410 e. The van der Waals surface area contributed by atoms with Crippen LogP contribution < -0.4 is 0 Å². The number of amides is 1. The summed E-state index contributed by atoms with van der Waals surface area (Å²) in [7, 11) is 0. The highest BCUT2D eigenvalue weighted by molar-refractivity contribution is 5.72. The fourth-order valence-corrected chi connectivity index (χ4v) is 4.54. The molecule has 3 atom stereocenters. The van der Waals surface area contributed by atoms with Crippen LogP contribution in [0, 0.1) is 23.2 Å². The van der Waals surface area contributed by atoms with E-state index in [0.29, 0.717) is 19.0 Å². The molecule has 1 heterocycles. The number of likely N-dealkylation sites (tertiary alicyclic amines) is 1. The lowest BCUT2D eigenvalue weighted by Crippen LogP contribution is -2.47. The number of carboxylic acid groups (broad SMARTS) is 1. The topological polar surface area (TPSA) is 66.8 Å². The number of hydrogen-bond donors (Lipinski definition) is 1. The molecule has 2 aliphatic carbocycles. The maximum atomic E-state index is 12.2. The van der Waals surface area contributed by atoms with E-state index in [1.807, 2.05) is 20.8 Å². The molecule has 1 N–H and O–H groups in total. The molecule has 0 unspecified atom stereocenters. The summed E-state index contributed by atoms with van der Waals surface area (Å²) in [5.74, 6) is -0.427. The zero-order valence-electron chi connectivity index (χ0n) is 13.5. The summed E-state index contributed by atoms with van der Waals surface area (Å²) in [6, 6.07) is 0. The van der Waals surface area contributed by atoms with Crippen LogP contribution in [0.4, 0.5) is 4.79 Å². The van der Waals surface area contributed by atoms with Crippen LogP contribution in [0.3, 0.4) is 0 Å². The van der Waals surface area contributed by atoms with Gasteiger partial charge in [0, 0.05) is 13.1 Å². The van der Waals surface area contributed by atoms with E-state index in [4.69, 9.17) is 4.74 Å². The van der Waals surface area contributed by atoms with Gasteiger partial charge in [-0.25, -0.2) is 4.79 Å². The maximum absolute atomic E-state index is 12.2. The van der Waals surface area contributed by atoms with Gasteiger partial charge in [-0.1, -0.05) is 12.2 Å². The van der Waals surface area contributed by atoms with Crippen LogP contribution in [0.1, 0.15) is 40.0 Å².